The third-order valence-corrected chi connectivity index (χ3v) is 4.27. The van der Waals surface area contributed by atoms with Crippen LogP contribution in [0.5, 0.6) is 0 Å². The topological polar surface area (TPSA) is 35.5 Å². The van der Waals surface area contributed by atoms with Gasteiger partial charge in [0.05, 0.1) is 16.8 Å². The van der Waals surface area contributed by atoms with E-state index >= 15 is 0 Å². The maximum atomic E-state index is 9.81. The lowest BCUT2D eigenvalue weighted by Gasteiger charge is -2.36. The summed E-state index contributed by atoms with van der Waals surface area (Å²) in [7, 11) is 0. The third-order valence-electron chi connectivity index (χ3n) is 3.97. The highest BCUT2D eigenvalue weighted by molar-refractivity contribution is 6.33. The number of piperidine rings is 1. The maximum Gasteiger partial charge on any atom is 0.0642 e. The Morgan fingerprint density at radius 3 is 2.90 bits per heavy atom. The summed E-state index contributed by atoms with van der Waals surface area (Å²) >= 11 is 6.43. The van der Waals surface area contributed by atoms with E-state index in [4.69, 9.17) is 11.6 Å². The summed E-state index contributed by atoms with van der Waals surface area (Å²) in [6, 6.07) is 6.30. The van der Waals surface area contributed by atoms with Crippen LogP contribution in [0.1, 0.15) is 32.3 Å². The molecule has 0 aliphatic carbocycles. The lowest BCUT2D eigenvalue weighted by atomic mass is 9.96. The molecule has 20 heavy (non-hydrogen) atoms. The van der Waals surface area contributed by atoms with Crippen LogP contribution >= 0.6 is 11.6 Å². The highest BCUT2D eigenvalue weighted by Gasteiger charge is 2.25. The first-order valence-electron chi connectivity index (χ1n) is 7.54. The summed E-state index contributed by atoms with van der Waals surface area (Å²) in [5.41, 5.74) is 2.31. The van der Waals surface area contributed by atoms with Crippen LogP contribution in [0, 0.1) is 5.92 Å². The number of anilines is 1. The van der Waals surface area contributed by atoms with Gasteiger partial charge in [0.1, 0.15) is 0 Å². The zero-order chi connectivity index (χ0) is 14.5. The summed E-state index contributed by atoms with van der Waals surface area (Å²) in [5, 5.41) is 14.0. The molecule has 0 amide bonds. The molecule has 0 radical (unpaired) electrons. The number of aliphatic hydroxyl groups excluding tert-OH is 1. The van der Waals surface area contributed by atoms with Gasteiger partial charge in [-0.2, -0.15) is 0 Å². The van der Waals surface area contributed by atoms with Crippen molar-refractivity contribution in [2.45, 2.75) is 39.3 Å². The Labute approximate surface area is 126 Å². The van der Waals surface area contributed by atoms with Crippen molar-refractivity contribution in [3.63, 3.8) is 0 Å². The Bertz CT molecular complexity index is 438. The van der Waals surface area contributed by atoms with Crippen LogP contribution in [0.25, 0.3) is 0 Å². The predicted octanol–water partition coefficient (Wildman–Crippen LogP) is 3.05. The SMILES string of the molecule is CCCNCc1ccc(N2CCC(O)C(C)C2)c(Cl)c1. The minimum atomic E-state index is -0.178. The van der Waals surface area contributed by atoms with E-state index < -0.39 is 0 Å². The molecular weight excluding hydrogens is 272 g/mol. The third kappa shape index (κ3) is 3.87. The number of rotatable bonds is 5. The van der Waals surface area contributed by atoms with Crippen molar-refractivity contribution in [2.75, 3.05) is 24.5 Å². The van der Waals surface area contributed by atoms with E-state index in [0.29, 0.717) is 5.92 Å². The van der Waals surface area contributed by atoms with Gasteiger partial charge in [-0.15, -0.1) is 0 Å². The quantitative estimate of drug-likeness (QED) is 0.820. The van der Waals surface area contributed by atoms with Crippen molar-refractivity contribution in [2.24, 2.45) is 5.92 Å². The second-order valence-corrected chi connectivity index (χ2v) is 6.15. The van der Waals surface area contributed by atoms with Crippen LogP contribution < -0.4 is 10.2 Å². The van der Waals surface area contributed by atoms with Gasteiger partial charge in [0.25, 0.3) is 0 Å². The van der Waals surface area contributed by atoms with Gasteiger partial charge in [-0.25, -0.2) is 0 Å². The summed E-state index contributed by atoms with van der Waals surface area (Å²) in [6.07, 6.45) is 1.78. The van der Waals surface area contributed by atoms with Gasteiger partial charge in [0.15, 0.2) is 0 Å². The van der Waals surface area contributed by atoms with Gasteiger partial charge in [0.2, 0.25) is 0 Å². The van der Waals surface area contributed by atoms with Crippen LogP contribution in [-0.2, 0) is 6.54 Å². The Balaban J connectivity index is 2.02. The van der Waals surface area contributed by atoms with E-state index in [1.54, 1.807) is 0 Å². The predicted molar refractivity (Wildman–Crippen MR) is 85.5 cm³/mol. The molecule has 1 aliphatic rings. The van der Waals surface area contributed by atoms with Crippen molar-refractivity contribution >= 4 is 17.3 Å². The largest absolute Gasteiger partial charge is 0.393 e. The zero-order valence-electron chi connectivity index (χ0n) is 12.4. The van der Waals surface area contributed by atoms with E-state index in [9.17, 15) is 5.11 Å². The van der Waals surface area contributed by atoms with Crippen molar-refractivity contribution in [3.8, 4) is 0 Å². The molecule has 1 heterocycles. The van der Waals surface area contributed by atoms with Gasteiger partial charge in [0, 0.05) is 19.6 Å². The molecule has 2 N–H and O–H groups in total. The average Bonchev–Trinajstić information content (AvgIpc) is 2.43. The lowest BCUT2D eigenvalue weighted by molar-refractivity contribution is 0.0971. The van der Waals surface area contributed by atoms with Gasteiger partial charge in [-0.3, -0.25) is 0 Å². The first-order valence-corrected chi connectivity index (χ1v) is 7.91. The Kier molecular flexibility index (Phi) is 5.70. The Morgan fingerprint density at radius 1 is 1.45 bits per heavy atom. The Hall–Kier alpha value is -0.770. The molecule has 112 valence electrons. The van der Waals surface area contributed by atoms with Crippen molar-refractivity contribution in [3.05, 3.63) is 28.8 Å². The average molecular weight is 297 g/mol. The minimum absolute atomic E-state index is 0.178. The number of nitrogens with zero attached hydrogens (tertiary/aromatic N) is 1. The van der Waals surface area contributed by atoms with Crippen LogP contribution in [-0.4, -0.2) is 30.8 Å². The second kappa shape index (κ2) is 7.30. The molecule has 1 aliphatic heterocycles. The van der Waals surface area contributed by atoms with Gasteiger partial charge in [-0.05, 0) is 43.0 Å². The molecule has 0 aromatic heterocycles. The molecule has 0 spiro atoms. The number of aliphatic hydroxyl groups is 1. The highest BCUT2D eigenvalue weighted by Crippen LogP contribution is 2.30. The zero-order valence-corrected chi connectivity index (χ0v) is 13.2. The summed E-state index contributed by atoms with van der Waals surface area (Å²) in [4.78, 5) is 2.28. The molecule has 4 heteroatoms. The lowest BCUT2D eigenvalue weighted by Crippen LogP contribution is -2.42. The maximum absolute atomic E-state index is 9.81. The first kappa shape index (κ1) is 15.6. The monoisotopic (exact) mass is 296 g/mol. The molecule has 1 fully saturated rings. The van der Waals surface area contributed by atoms with E-state index in [0.717, 1.165) is 49.7 Å². The number of hydrogen-bond donors (Lipinski definition) is 2. The van der Waals surface area contributed by atoms with E-state index in [2.05, 4.69) is 42.3 Å². The van der Waals surface area contributed by atoms with Crippen LogP contribution in [0.2, 0.25) is 5.02 Å². The molecule has 1 aromatic rings. The number of benzene rings is 1. The summed E-state index contributed by atoms with van der Waals surface area (Å²) in [5.74, 6) is 0.297. The first-order chi connectivity index (χ1) is 9.61. The van der Waals surface area contributed by atoms with Gasteiger partial charge in [-0.1, -0.05) is 31.5 Å². The molecule has 2 unspecified atom stereocenters. The fourth-order valence-electron chi connectivity index (χ4n) is 2.68. The number of hydrogen-bond acceptors (Lipinski definition) is 3. The summed E-state index contributed by atoms with van der Waals surface area (Å²) in [6.45, 7) is 7.89. The fraction of sp³-hybridized carbons (Fsp3) is 0.625. The second-order valence-electron chi connectivity index (χ2n) is 5.74. The van der Waals surface area contributed by atoms with Crippen molar-refractivity contribution in [1.29, 1.82) is 0 Å². The highest BCUT2D eigenvalue weighted by atomic mass is 35.5. The van der Waals surface area contributed by atoms with Crippen molar-refractivity contribution in [1.82, 2.24) is 5.32 Å². The minimum Gasteiger partial charge on any atom is -0.393 e. The van der Waals surface area contributed by atoms with Crippen LogP contribution in [0.4, 0.5) is 5.69 Å². The van der Waals surface area contributed by atoms with E-state index in [1.165, 1.54) is 5.56 Å². The molecule has 1 saturated heterocycles. The smallest absolute Gasteiger partial charge is 0.0642 e. The molecule has 0 bridgehead atoms. The summed E-state index contributed by atoms with van der Waals surface area (Å²) < 4.78 is 0. The van der Waals surface area contributed by atoms with Crippen molar-refractivity contribution < 1.29 is 5.11 Å². The molecule has 2 rings (SSSR count). The molecule has 2 atom stereocenters. The van der Waals surface area contributed by atoms with E-state index in [-0.39, 0.29) is 6.10 Å². The fourth-order valence-corrected chi connectivity index (χ4v) is 3.00. The molecule has 1 aromatic carbocycles. The molecule has 0 saturated carbocycles. The normalized spacial score (nSPS) is 23.1. The van der Waals surface area contributed by atoms with E-state index in [1.807, 2.05) is 0 Å². The standard InChI is InChI=1S/C16H25ClN2O/c1-3-7-18-10-13-4-5-15(14(17)9-13)19-8-6-16(20)12(2)11-19/h4-5,9,12,16,18,20H,3,6-8,10-11H2,1-2H3. The Morgan fingerprint density at radius 2 is 2.25 bits per heavy atom. The number of halogens is 1. The number of nitrogens with one attached hydrogen (secondary N) is 1. The van der Waals surface area contributed by atoms with Gasteiger partial charge >= 0.3 is 0 Å². The molecular formula is C16H25ClN2O. The van der Waals surface area contributed by atoms with Gasteiger partial charge < -0.3 is 15.3 Å². The molecule has 3 nitrogen and oxygen atoms in total. The van der Waals surface area contributed by atoms with Crippen LogP contribution in [0.3, 0.4) is 0 Å². The van der Waals surface area contributed by atoms with Crippen LogP contribution in [0.15, 0.2) is 18.2 Å².